The molecule has 29 heavy (non-hydrogen) atoms. The van der Waals surface area contributed by atoms with E-state index in [0.717, 1.165) is 30.2 Å². The lowest BCUT2D eigenvalue weighted by molar-refractivity contribution is 0.0565. The molecule has 0 saturated carbocycles. The number of nitrogens with zero attached hydrogens (tertiary/aromatic N) is 3. The Morgan fingerprint density at radius 3 is 2.21 bits per heavy atom. The summed E-state index contributed by atoms with van der Waals surface area (Å²) in [4.78, 5) is 26.9. The van der Waals surface area contributed by atoms with Gasteiger partial charge in [0.2, 0.25) is 5.43 Å². The van der Waals surface area contributed by atoms with Gasteiger partial charge in [0.05, 0.1) is 18.3 Å². The van der Waals surface area contributed by atoms with E-state index in [1.807, 2.05) is 36.4 Å². The molecule has 1 saturated heterocycles. The van der Waals surface area contributed by atoms with E-state index < -0.39 is 11.2 Å². The van der Waals surface area contributed by atoms with Crippen molar-refractivity contribution in [2.45, 2.75) is 30.8 Å². The van der Waals surface area contributed by atoms with Gasteiger partial charge in [-0.3, -0.25) is 14.3 Å². The molecular weight excluding hydrogens is 366 g/mol. The van der Waals surface area contributed by atoms with E-state index in [9.17, 15) is 14.7 Å². The van der Waals surface area contributed by atoms with Crippen molar-refractivity contribution in [1.29, 1.82) is 0 Å². The zero-order chi connectivity index (χ0) is 20.0. The number of carbonyl (C=O) groups excluding carboxylic acids is 1. The van der Waals surface area contributed by atoms with Crippen LogP contribution in [0.15, 0.2) is 71.7 Å². The normalized spacial score (nSPS) is 20.6. The lowest BCUT2D eigenvalue weighted by atomic mass is 9.80. The van der Waals surface area contributed by atoms with Crippen LogP contribution in [0.25, 0.3) is 0 Å². The highest BCUT2D eigenvalue weighted by Crippen LogP contribution is 2.45. The van der Waals surface area contributed by atoms with Crippen LogP contribution >= 0.6 is 0 Å². The first kappa shape index (κ1) is 17.7. The molecule has 2 aromatic carbocycles. The molecule has 2 aliphatic heterocycles. The van der Waals surface area contributed by atoms with Gasteiger partial charge in [0, 0.05) is 12.5 Å². The third kappa shape index (κ3) is 2.75. The second-order valence-electron chi connectivity index (χ2n) is 7.65. The first-order chi connectivity index (χ1) is 14.2. The standard InChI is InChI=1S/C23H21N3O3/c27-18-14-24-26-20(17-12-7-13-25(17)23(29)21(26)22(18)28)19(15-8-3-1-4-9-15)16-10-5-2-6-11-16/h1-6,8-11,14,17,19-20,28H,7,12-13H2. The molecule has 1 N–H and O–H groups in total. The summed E-state index contributed by atoms with van der Waals surface area (Å²) in [7, 11) is 0. The molecule has 2 aliphatic rings. The van der Waals surface area contributed by atoms with E-state index in [1.165, 1.54) is 0 Å². The molecule has 1 aromatic heterocycles. The number of aromatic nitrogens is 2. The maximum atomic E-state index is 13.1. The van der Waals surface area contributed by atoms with Gasteiger partial charge in [0.15, 0.2) is 11.4 Å². The maximum absolute atomic E-state index is 13.1. The van der Waals surface area contributed by atoms with Crippen molar-refractivity contribution >= 4 is 5.91 Å². The van der Waals surface area contributed by atoms with E-state index in [4.69, 9.17) is 0 Å². The minimum absolute atomic E-state index is 0.00230. The van der Waals surface area contributed by atoms with Crippen LogP contribution in [0.1, 0.15) is 46.4 Å². The minimum atomic E-state index is -0.628. The average molecular weight is 387 g/mol. The zero-order valence-electron chi connectivity index (χ0n) is 15.8. The highest BCUT2D eigenvalue weighted by atomic mass is 16.3. The Morgan fingerprint density at radius 2 is 1.59 bits per heavy atom. The summed E-state index contributed by atoms with van der Waals surface area (Å²) >= 11 is 0. The number of fused-ring (bicyclic) bond motifs is 2. The van der Waals surface area contributed by atoms with Crippen molar-refractivity contribution in [2.75, 3.05) is 6.54 Å². The summed E-state index contributed by atoms with van der Waals surface area (Å²) in [6.07, 6.45) is 2.86. The van der Waals surface area contributed by atoms with Crippen LogP contribution in [0, 0.1) is 0 Å². The second kappa shape index (κ2) is 6.88. The molecule has 0 spiro atoms. The van der Waals surface area contributed by atoms with Crippen LogP contribution in [-0.4, -0.2) is 38.3 Å². The zero-order valence-corrected chi connectivity index (χ0v) is 15.8. The monoisotopic (exact) mass is 387 g/mol. The Labute approximate surface area is 168 Å². The molecule has 6 nitrogen and oxygen atoms in total. The Kier molecular flexibility index (Phi) is 4.19. The van der Waals surface area contributed by atoms with E-state index >= 15 is 0 Å². The Balaban J connectivity index is 1.78. The number of carbonyl (C=O) groups is 1. The van der Waals surface area contributed by atoms with Crippen molar-refractivity contribution in [3.05, 3.63) is 93.9 Å². The Morgan fingerprint density at radius 1 is 0.966 bits per heavy atom. The Hall–Kier alpha value is -3.41. The molecule has 2 unspecified atom stereocenters. The third-order valence-corrected chi connectivity index (χ3v) is 6.08. The van der Waals surface area contributed by atoms with Gasteiger partial charge in [-0.1, -0.05) is 60.7 Å². The van der Waals surface area contributed by atoms with E-state index in [0.29, 0.717) is 6.54 Å². The SMILES string of the molecule is O=C1c2c(O)c(=O)cnn2C(C(c2ccccc2)c2ccccc2)C2CCCN12. The van der Waals surface area contributed by atoms with Crippen LogP contribution in [0.4, 0.5) is 0 Å². The molecule has 3 aromatic rings. The van der Waals surface area contributed by atoms with Crippen molar-refractivity contribution in [2.24, 2.45) is 0 Å². The molecule has 1 amide bonds. The highest BCUT2D eigenvalue weighted by Gasteiger charge is 2.47. The van der Waals surface area contributed by atoms with Crippen LogP contribution in [0.2, 0.25) is 0 Å². The lowest BCUT2D eigenvalue weighted by Gasteiger charge is -2.42. The van der Waals surface area contributed by atoms with Gasteiger partial charge in [-0.05, 0) is 24.0 Å². The average Bonchev–Trinajstić information content (AvgIpc) is 3.25. The summed E-state index contributed by atoms with van der Waals surface area (Å²) in [6.45, 7) is 0.624. The molecule has 6 heteroatoms. The number of amides is 1. The van der Waals surface area contributed by atoms with Crippen LogP contribution in [0.3, 0.4) is 0 Å². The number of hydrogen-bond donors (Lipinski definition) is 1. The van der Waals surface area contributed by atoms with Crippen molar-refractivity contribution in [1.82, 2.24) is 14.7 Å². The molecule has 1 fully saturated rings. The van der Waals surface area contributed by atoms with E-state index in [2.05, 4.69) is 29.4 Å². The summed E-state index contributed by atoms with van der Waals surface area (Å²) in [5.41, 5.74) is 1.58. The minimum Gasteiger partial charge on any atom is -0.502 e. The predicted octanol–water partition coefficient (Wildman–Crippen LogP) is 2.94. The van der Waals surface area contributed by atoms with Crippen LogP contribution in [-0.2, 0) is 0 Å². The van der Waals surface area contributed by atoms with Crippen molar-refractivity contribution < 1.29 is 9.90 Å². The molecular formula is C23H21N3O3. The second-order valence-corrected chi connectivity index (χ2v) is 7.65. The first-order valence-corrected chi connectivity index (χ1v) is 9.88. The fraction of sp³-hybridized carbons (Fsp3) is 0.261. The first-order valence-electron chi connectivity index (χ1n) is 9.88. The van der Waals surface area contributed by atoms with Gasteiger partial charge in [0.25, 0.3) is 5.91 Å². The predicted molar refractivity (Wildman–Crippen MR) is 108 cm³/mol. The molecule has 0 radical (unpaired) electrons. The van der Waals surface area contributed by atoms with Gasteiger partial charge < -0.3 is 10.0 Å². The van der Waals surface area contributed by atoms with Crippen LogP contribution < -0.4 is 5.43 Å². The largest absolute Gasteiger partial charge is 0.502 e. The third-order valence-electron chi connectivity index (χ3n) is 6.08. The summed E-state index contributed by atoms with van der Waals surface area (Å²) in [5.74, 6) is -0.907. The van der Waals surface area contributed by atoms with Gasteiger partial charge in [0.1, 0.15) is 0 Å². The van der Waals surface area contributed by atoms with Gasteiger partial charge in [-0.25, -0.2) is 0 Å². The summed E-state index contributed by atoms with van der Waals surface area (Å²) in [6, 6.07) is 20.0. The Bertz CT molecular complexity index is 1070. The fourth-order valence-corrected chi connectivity index (χ4v) is 4.85. The topological polar surface area (TPSA) is 75.4 Å². The summed E-state index contributed by atoms with van der Waals surface area (Å²) in [5, 5.41) is 14.8. The van der Waals surface area contributed by atoms with Gasteiger partial charge >= 0.3 is 0 Å². The molecule has 5 rings (SSSR count). The van der Waals surface area contributed by atoms with Crippen molar-refractivity contribution in [3.63, 3.8) is 0 Å². The van der Waals surface area contributed by atoms with Crippen molar-refractivity contribution in [3.8, 4) is 5.75 Å². The maximum Gasteiger partial charge on any atom is 0.276 e. The molecule has 146 valence electrons. The molecule has 0 bridgehead atoms. The summed E-state index contributed by atoms with van der Waals surface area (Å²) < 4.78 is 1.59. The number of rotatable bonds is 3. The molecule has 3 heterocycles. The smallest absolute Gasteiger partial charge is 0.276 e. The van der Waals surface area contributed by atoms with E-state index in [1.54, 1.807) is 9.58 Å². The number of hydrogen-bond acceptors (Lipinski definition) is 4. The lowest BCUT2D eigenvalue weighted by Crippen LogP contribution is -2.50. The molecule has 2 atom stereocenters. The highest BCUT2D eigenvalue weighted by molar-refractivity contribution is 5.96. The number of aromatic hydroxyl groups is 1. The van der Waals surface area contributed by atoms with Gasteiger partial charge in [-0.2, -0.15) is 5.10 Å². The number of benzene rings is 2. The van der Waals surface area contributed by atoms with E-state index in [-0.39, 0.29) is 29.6 Å². The molecule has 0 aliphatic carbocycles. The quantitative estimate of drug-likeness (QED) is 0.750. The van der Waals surface area contributed by atoms with Crippen LogP contribution in [0.5, 0.6) is 5.75 Å². The fourth-order valence-electron chi connectivity index (χ4n) is 4.85. The van der Waals surface area contributed by atoms with Gasteiger partial charge in [-0.15, -0.1) is 0 Å².